The van der Waals surface area contributed by atoms with Gasteiger partial charge in [-0.3, -0.25) is 9.59 Å². The third kappa shape index (κ3) is 3.02. The van der Waals surface area contributed by atoms with E-state index in [0.29, 0.717) is 0 Å². The van der Waals surface area contributed by atoms with Gasteiger partial charge in [0.05, 0.1) is 17.9 Å². The Hall–Kier alpha value is -2.02. The van der Waals surface area contributed by atoms with Gasteiger partial charge in [-0.2, -0.15) is 0 Å². The number of aromatic nitrogens is 3. The van der Waals surface area contributed by atoms with Crippen molar-refractivity contribution in [2.45, 2.75) is 38.6 Å². The van der Waals surface area contributed by atoms with Gasteiger partial charge in [0.1, 0.15) is 10.7 Å². The number of fused-ring (bicyclic) bond motifs is 1. The van der Waals surface area contributed by atoms with Crippen molar-refractivity contribution in [2.75, 3.05) is 0 Å². The molecule has 7 heteroatoms. The molecule has 0 saturated heterocycles. The van der Waals surface area contributed by atoms with E-state index in [2.05, 4.69) is 20.3 Å². The molecule has 2 aromatic heterocycles. The van der Waals surface area contributed by atoms with E-state index in [1.165, 1.54) is 29.6 Å². The van der Waals surface area contributed by atoms with Gasteiger partial charge in [-0.05, 0) is 32.6 Å². The molecule has 0 aromatic carbocycles. The maximum Gasteiger partial charge on any atom is 0.271 e. The lowest BCUT2D eigenvalue weighted by molar-refractivity contribution is 0.0934. The number of amides is 1. The van der Waals surface area contributed by atoms with Crippen molar-refractivity contribution in [3.8, 4) is 0 Å². The molecule has 0 saturated carbocycles. The molecule has 2 N–H and O–H groups in total. The standard InChI is InChI=1S/C14H16N4O2S/c1-8(14-18-9-4-2-3-5-11(9)21-14)17-13(20)10-6-16-12(19)7-15-10/h6-8H,2-5H2,1H3,(H,16,19)(H,17,20)/t8-/m0/s1. The molecule has 0 radical (unpaired) electrons. The first-order valence-corrected chi connectivity index (χ1v) is 7.79. The fourth-order valence-electron chi connectivity index (χ4n) is 2.36. The molecule has 0 unspecified atom stereocenters. The first kappa shape index (κ1) is 13.9. The van der Waals surface area contributed by atoms with Crippen LogP contribution >= 0.6 is 11.3 Å². The molecule has 21 heavy (non-hydrogen) atoms. The van der Waals surface area contributed by atoms with Gasteiger partial charge in [-0.25, -0.2) is 9.97 Å². The highest BCUT2D eigenvalue weighted by molar-refractivity contribution is 7.11. The van der Waals surface area contributed by atoms with Crippen LogP contribution in [0.1, 0.15) is 51.9 Å². The van der Waals surface area contributed by atoms with Gasteiger partial charge in [0.25, 0.3) is 11.5 Å². The molecule has 2 aromatic rings. The lowest BCUT2D eigenvalue weighted by atomic mass is 10.0. The summed E-state index contributed by atoms with van der Waals surface area (Å²) in [6, 6.07) is -0.165. The second-order valence-electron chi connectivity index (χ2n) is 5.12. The summed E-state index contributed by atoms with van der Waals surface area (Å²) in [5.74, 6) is -0.313. The van der Waals surface area contributed by atoms with E-state index >= 15 is 0 Å². The highest BCUT2D eigenvalue weighted by Gasteiger charge is 2.20. The molecule has 0 bridgehead atoms. The van der Waals surface area contributed by atoms with E-state index in [1.807, 2.05) is 6.92 Å². The molecule has 3 rings (SSSR count). The van der Waals surface area contributed by atoms with E-state index in [1.54, 1.807) is 11.3 Å². The fourth-order valence-corrected chi connectivity index (χ4v) is 3.51. The van der Waals surface area contributed by atoms with Crippen LogP contribution in [0.5, 0.6) is 0 Å². The number of carbonyl (C=O) groups is 1. The monoisotopic (exact) mass is 304 g/mol. The predicted octanol–water partition coefficient (Wildman–Crippen LogP) is 1.60. The van der Waals surface area contributed by atoms with Crippen LogP contribution in [0.2, 0.25) is 0 Å². The molecule has 0 spiro atoms. The minimum Gasteiger partial charge on any atom is -0.342 e. The Morgan fingerprint density at radius 2 is 2.24 bits per heavy atom. The maximum absolute atomic E-state index is 12.1. The lowest BCUT2D eigenvalue weighted by Gasteiger charge is -2.10. The third-order valence-electron chi connectivity index (χ3n) is 3.48. The molecule has 2 heterocycles. The molecule has 1 atom stereocenters. The Balaban J connectivity index is 1.72. The van der Waals surface area contributed by atoms with E-state index in [4.69, 9.17) is 0 Å². The minimum atomic E-state index is -0.327. The number of aromatic amines is 1. The van der Waals surface area contributed by atoms with Crippen molar-refractivity contribution in [3.63, 3.8) is 0 Å². The summed E-state index contributed by atoms with van der Waals surface area (Å²) in [6.45, 7) is 1.91. The van der Waals surface area contributed by atoms with Crippen LogP contribution in [-0.4, -0.2) is 20.9 Å². The van der Waals surface area contributed by atoms with Gasteiger partial charge in [-0.15, -0.1) is 11.3 Å². The number of hydrogen-bond acceptors (Lipinski definition) is 5. The normalized spacial score (nSPS) is 15.3. The number of nitrogens with zero attached hydrogens (tertiary/aromatic N) is 2. The first-order valence-electron chi connectivity index (χ1n) is 6.97. The number of hydrogen-bond donors (Lipinski definition) is 2. The molecule has 6 nitrogen and oxygen atoms in total. The van der Waals surface area contributed by atoms with Crippen molar-refractivity contribution in [1.82, 2.24) is 20.3 Å². The Labute approximate surface area is 125 Å². The van der Waals surface area contributed by atoms with E-state index in [0.717, 1.165) is 24.0 Å². The summed E-state index contributed by atoms with van der Waals surface area (Å²) < 4.78 is 0. The van der Waals surface area contributed by atoms with Crippen LogP contribution in [-0.2, 0) is 12.8 Å². The summed E-state index contributed by atoms with van der Waals surface area (Å²) in [7, 11) is 0. The summed E-state index contributed by atoms with van der Waals surface area (Å²) >= 11 is 1.68. The topological polar surface area (TPSA) is 87.7 Å². The third-order valence-corrected chi connectivity index (χ3v) is 4.83. The Kier molecular flexibility index (Phi) is 3.83. The highest BCUT2D eigenvalue weighted by atomic mass is 32.1. The van der Waals surface area contributed by atoms with Gasteiger partial charge in [-0.1, -0.05) is 0 Å². The smallest absolute Gasteiger partial charge is 0.271 e. The first-order chi connectivity index (χ1) is 10.1. The SMILES string of the molecule is C[C@H](NC(=O)c1c[nH]c(=O)cn1)c1nc2c(s1)CCCC2. The molecule has 0 aliphatic heterocycles. The number of aryl methyl sites for hydroxylation is 2. The molecule has 1 aliphatic carbocycles. The van der Waals surface area contributed by atoms with Gasteiger partial charge in [0.15, 0.2) is 0 Å². The number of thiazole rings is 1. The number of rotatable bonds is 3. The van der Waals surface area contributed by atoms with E-state index < -0.39 is 0 Å². The van der Waals surface area contributed by atoms with Crippen molar-refractivity contribution in [1.29, 1.82) is 0 Å². The van der Waals surface area contributed by atoms with Gasteiger partial charge >= 0.3 is 0 Å². The predicted molar refractivity (Wildman–Crippen MR) is 79.5 cm³/mol. The van der Waals surface area contributed by atoms with Crippen LogP contribution < -0.4 is 10.9 Å². The Morgan fingerprint density at radius 3 is 2.95 bits per heavy atom. The molecule has 0 fully saturated rings. The summed E-state index contributed by atoms with van der Waals surface area (Å²) in [5.41, 5.74) is 1.06. The number of nitrogens with one attached hydrogen (secondary N) is 2. The van der Waals surface area contributed by atoms with Crippen molar-refractivity contribution in [3.05, 3.63) is 44.0 Å². The van der Waals surface area contributed by atoms with Crippen LogP contribution in [0.4, 0.5) is 0 Å². The zero-order valence-electron chi connectivity index (χ0n) is 11.7. The highest BCUT2D eigenvalue weighted by Crippen LogP contribution is 2.29. The molecule has 110 valence electrons. The average molecular weight is 304 g/mol. The van der Waals surface area contributed by atoms with E-state index in [-0.39, 0.29) is 23.2 Å². The van der Waals surface area contributed by atoms with Crippen LogP contribution in [0, 0.1) is 0 Å². The molecule has 1 amide bonds. The minimum absolute atomic E-state index is 0.165. The fraction of sp³-hybridized carbons (Fsp3) is 0.429. The zero-order valence-corrected chi connectivity index (χ0v) is 12.5. The van der Waals surface area contributed by atoms with Crippen molar-refractivity contribution >= 4 is 17.2 Å². The Bertz CT molecular complexity index is 678. The summed E-state index contributed by atoms with van der Waals surface area (Å²) in [4.78, 5) is 35.2. The maximum atomic E-state index is 12.1. The average Bonchev–Trinajstić information content (AvgIpc) is 2.92. The largest absolute Gasteiger partial charge is 0.342 e. The van der Waals surface area contributed by atoms with Crippen LogP contribution in [0.15, 0.2) is 17.2 Å². The second kappa shape index (κ2) is 5.77. The van der Waals surface area contributed by atoms with Gasteiger partial charge in [0.2, 0.25) is 0 Å². The summed E-state index contributed by atoms with van der Waals surface area (Å²) in [5, 5.41) is 3.80. The quantitative estimate of drug-likeness (QED) is 0.901. The van der Waals surface area contributed by atoms with Gasteiger partial charge in [0, 0.05) is 11.1 Å². The van der Waals surface area contributed by atoms with Crippen molar-refractivity contribution < 1.29 is 4.79 Å². The molecular weight excluding hydrogens is 288 g/mol. The van der Waals surface area contributed by atoms with Crippen LogP contribution in [0.25, 0.3) is 0 Å². The van der Waals surface area contributed by atoms with Crippen molar-refractivity contribution in [2.24, 2.45) is 0 Å². The second-order valence-corrected chi connectivity index (χ2v) is 6.24. The summed E-state index contributed by atoms with van der Waals surface area (Å²) in [6.07, 6.45) is 6.96. The van der Waals surface area contributed by atoms with Crippen LogP contribution in [0.3, 0.4) is 0 Å². The molecular formula is C14H16N4O2S. The zero-order chi connectivity index (χ0) is 14.8. The lowest BCUT2D eigenvalue weighted by Crippen LogP contribution is -2.28. The molecule has 1 aliphatic rings. The number of H-pyrrole nitrogens is 1. The van der Waals surface area contributed by atoms with E-state index in [9.17, 15) is 9.59 Å². The number of carbonyl (C=O) groups excluding carboxylic acids is 1. The van der Waals surface area contributed by atoms with Gasteiger partial charge < -0.3 is 10.3 Å². The Morgan fingerprint density at radius 1 is 1.43 bits per heavy atom.